The summed E-state index contributed by atoms with van der Waals surface area (Å²) >= 11 is 0. The van der Waals surface area contributed by atoms with E-state index >= 15 is 0 Å². The Bertz CT molecular complexity index is 123. The number of aliphatic imine (C=N–C) groups is 1. The average molecular weight is 126 g/mol. The molecule has 0 aliphatic heterocycles. The smallest absolute Gasteiger partial charge is 0.0384 e. The topological polar surface area (TPSA) is 38.4 Å². The molecule has 0 aromatic carbocycles. The zero-order valence-electron chi connectivity index (χ0n) is 6.26. The van der Waals surface area contributed by atoms with Gasteiger partial charge in [-0.15, -0.1) is 0 Å². The van der Waals surface area contributed by atoms with Gasteiger partial charge in [-0.1, -0.05) is 13.8 Å². The zero-order chi connectivity index (χ0) is 7.28. The SMILES string of the molecule is CN=C(/C=C\N)C(C)C. The van der Waals surface area contributed by atoms with Gasteiger partial charge in [0, 0.05) is 12.8 Å². The summed E-state index contributed by atoms with van der Waals surface area (Å²) in [5.41, 5.74) is 6.22. The van der Waals surface area contributed by atoms with Crippen LogP contribution < -0.4 is 5.73 Å². The summed E-state index contributed by atoms with van der Waals surface area (Å²) in [4.78, 5) is 4.03. The minimum Gasteiger partial charge on any atom is -0.405 e. The third-order valence-corrected chi connectivity index (χ3v) is 1.12. The molecule has 0 fully saturated rings. The number of allylic oxidation sites excluding steroid dienone is 1. The fourth-order valence-electron chi connectivity index (χ4n) is 0.624. The third kappa shape index (κ3) is 2.90. The molecule has 0 amide bonds. The number of nitrogens with zero attached hydrogens (tertiary/aromatic N) is 1. The summed E-state index contributed by atoms with van der Waals surface area (Å²) in [6.45, 7) is 4.17. The molecule has 2 heteroatoms. The van der Waals surface area contributed by atoms with Crippen molar-refractivity contribution >= 4 is 5.71 Å². The van der Waals surface area contributed by atoms with E-state index in [1.165, 1.54) is 6.20 Å². The van der Waals surface area contributed by atoms with Crippen LogP contribution in [0.3, 0.4) is 0 Å². The van der Waals surface area contributed by atoms with Crippen molar-refractivity contribution in [2.75, 3.05) is 7.05 Å². The largest absolute Gasteiger partial charge is 0.405 e. The van der Waals surface area contributed by atoms with Crippen LogP contribution in [0.2, 0.25) is 0 Å². The first-order valence-corrected chi connectivity index (χ1v) is 3.07. The molecular weight excluding hydrogens is 112 g/mol. The maximum Gasteiger partial charge on any atom is 0.0384 e. The predicted octanol–water partition coefficient (Wildman–Crippen LogP) is 1.19. The van der Waals surface area contributed by atoms with Crippen LogP contribution in [0.25, 0.3) is 0 Å². The Morgan fingerprint density at radius 2 is 2.11 bits per heavy atom. The van der Waals surface area contributed by atoms with E-state index in [-0.39, 0.29) is 0 Å². The average Bonchev–Trinajstić information content (AvgIpc) is 1.82. The number of nitrogens with two attached hydrogens (primary N) is 1. The number of hydrogen-bond donors (Lipinski definition) is 1. The molecule has 0 aliphatic carbocycles. The molecule has 0 saturated heterocycles. The van der Waals surface area contributed by atoms with Crippen molar-refractivity contribution in [3.8, 4) is 0 Å². The Kier molecular flexibility index (Phi) is 3.76. The molecule has 0 rings (SSSR count). The van der Waals surface area contributed by atoms with Gasteiger partial charge in [0.05, 0.1) is 0 Å². The summed E-state index contributed by atoms with van der Waals surface area (Å²) in [5, 5.41) is 0. The van der Waals surface area contributed by atoms with E-state index in [1.54, 1.807) is 7.05 Å². The first kappa shape index (κ1) is 8.21. The van der Waals surface area contributed by atoms with E-state index < -0.39 is 0 Å². The van der Waals surface area contributed by atoms with Gasteiger partial charge in [-0.25, -0.2) is 0 Å². The molecule has 0 unspecified atom stereocenters. The van der Waals surface area contributed by atoms with E-state index in [2.05, 4.69) is 18.8 Å². The Hall–Kier alpha value is -0.790. The van der Waals surface area contributed by atoms with Gasteiger partial charge in [-0.3, -0.25) is 4.99 Å². The maximum absolute atomic E-state index is 5.18. The van der Waals surface area contributed by atoms with Crippen molar-refractivity contribution in [3.63, 3.8) is 0 Å². The molecule has 2 N–H and O–H groups in total. The molecule has 0 aromatic heterocycles. The lowest BCUT2D eigenvalue weighted by Crippen LogP contribution is -2.03. The minimum absolute atomic E-state index is 0.467. The first-order chi connectivity index (χ1) is 4.22. The van der Waals surface area contributed by atoms with Gasteiger partial charge in [0.25, 0.3) is 0 Å². The fourth-order valence-corrected chi connectivity index (χ4v) is 0.624. The van der Waals surface area contributed by atoms with Crippen molar-refractivity contribution in [1.82, 2.24) is 0 Å². The Morgan fingerprint density at radius 3 is 2.22 bits per heavy atom. The molecule has 0 radical (unpaired) electrons. The van der Waals surface area contributed by atoms with Gasteiger partial charge in [0.15, 0.2) is 0 Å². The predicted molar refractivity (Wildman–Crippen MR) is 41.5 cm³/mol. The molecule has 9 heavy (non-hydrogen) atoms. The van der Waals surface area contributed by atoms with Crippen LogP contribution in [0.5, 0.6) is 0 Å². The molecule has 0 aromatic rings. The monoisotopic (exact) mass is 126 g/mol. The van der Waals surface area contributed by atoms with Crippen molar-refractivity contribution in [1.29, 1.82) is 0 Å². The Morgan fingerprint density at radius 1 is 1.56 bits per heavy atom. The lowest BCUT2D eigenvalue weighted by atomic mass is 10.1. The number of hydrogen-bond acceptors (Lipinski definition) is 2. The van der Waals surface area contributed by atoms with E-state index in [1.807, 2.05) is 6.08 Å². The molecule has 0 bridgehead atoms. The molecule has 0 atom stereocenters. The highest BCUT2D eigenvalue weighted by Crippen LogP contribution is 1.96. The summed E-state index contributed by atoms with van der Waals surface area (Å²) < 4.78 is 0. The molecule has 0 aliphatic rings. The van der Waals surface area contributed by atoms with Crippen LogP contribution in [0, 0.1) is 5.92 Å². The standard InChI is InChI=1S/C7H14N2/c1-6(2)7(9-3)4-5-8/h4-6H,8H2,1-3H3/b5-4-,9-7?. The highest BCUT2D eigenvalue weighted by Gasteiger charge is 1.96. The lowest BCUT2D eigenvalue weighted by Gasteiger charge is -2.01. The molecule has 2 nitrogen and oxygen atoms in total. The quantitative estimate of drug-likeness (QED) is 0.554. The summed E-state index contributed by atoms with van der Waals surface area (Å²) in [6.07, 6.45) is 3.34. The van der Waals surface area contributed by atoms with Gasteiger partial charge >= 0.3 is 0 Å². The van der Waals surface area contributed by atoms with Gasteiger partial charge in [-0.2, -0.15) is 0 Å². The molecule has 52 valence electrons. The highest BCUT2D eigenvalue weighted by atomic mass is 14.7. The van der Waals surface area contributed by atoms with Crippen LogP contribution in [0.1, 0.15) is 13.8 Å². The molecule has 0 spiro atoms. The van der Waals surface area contributed by atoms with Crippen LogP contribution in [-0.2, 0) is 0 Å². The fraction of sp³-hybridized carbons (Fsp3) is 0.571. The van der Waals surface area contributed by atoms with Crippen LogP contribution in [0.4, 0.5) is 0 Å². The zero-order valence-corrected chi connectivity index (χ0v) is 6.26. The Balaban J connectivity index is 4.01. The molecule has 0 heterocycles. The number of rotatable bonds is 2. The van der Waals surface area contributed by atoms with Crippen molar-refractivity contribution in [2.24, 2.45) is 16.6 Å². The lowest BCUT2D eigenvalue weighted by molar-refractivity contribution is 0.886. The first-order valence-electron chi connectivity index (χ1n) is 3.07. The second kappa shape index (κ2) is 4.13. The van der Waals surface area contributed by atoms with Crippen molar-refractivity contribution < 1.29 is 0 Å². The highest BCUT2D eigenvalue weighted by molar-refractivity contribution is 5.96. The van der Waals surface area contributed by atoms with Crippen molar-refractivity contribution in [2.45, 2.75) is 13.8 Å². The summed E-state index contributed by atoms with van der Waals surface area (Å²) in [6, 6.07) is 0. The molecule has 0 saturated carbocycles. The van der Waals surface area contributed by atoms with E-state index in [4.69, 9.17) is 5.73 Å². The minimum atomic E-state index is 0.467. The Labute approximate surface area is 56.5 Å². The van der Waals surface area contributed by atoms with Crippen LogP contribution >= 0.6 is 0 Å². The van der Waals surface area contributed by atoms with Gasteiger partial charge < -0.3 is 5.73 Å². The second-order valence-electron chi connectivity index (χ2n) is 2.16. The molecular formula is C7H14N2. The van der Waals surface area contributed by atoms with Gasteiger partial charge in [0.2, 0.25) is 0 Å². The third-order valence-electron chi connectivity index (χ3n) is 1.12. The van der Waals surface area contributed by atoms with Gasteiger partial charge in [0.1, 0.15) is 0 Å². The van der Waals surface area contributed by atoms with E-state index in [0.29, 0.717) is 5.92 Å². The van der Waals surface area contributed by atoms with E-state index in [9.17, 15) is 0 Å². The van der Waals surface area contributed by atoms with Gasteiger partial charge in [-0.05, 0) is 18.2 Å². The van der Waals surface area contributed by atoms with Crippen LogP contribution in [0.15, 0.2) is 17.3 Å². The summed E-state index contributed by atoms with van der Waals surface area (Å²) in [5.74, 6) is 0.467. The normalized spacial score (nSPS) is 13.6. The summed E-state index contributed by atoms with van der Waals surface area (Å²) in [7, 11) is 1.77. The maximum atomic E-state index is 5.18. The van der Waals surface area contributed by atoms with Crippen molar-refractivity contribution in [3.05, 3.63) is 12.3 Å². The second-order valence-corrected chi connectivity index (χ2v) is 2.16. The van der Waals surface area contributed by atoms with E-state index in [0.717, 1.165) is 5.71 Å². The van der Waals surface area contributed by atoms with Crippen LogP contribution in [-0.4, -0.2) is 12.8 Å².